The van der Waals surface area contributed by atoms with Crippen LogP contribution in [-0.4, -0.2) is 22.0 Å². The second-order valence-corrected chi connectivity index (χ2v) is 6.81. The molecule has 2 amide bonds. The topological polar surface area (TPSA) is 37.3 Å². The van der Waals surface area contributed by atoms with Gasteiger partial charge in [-0.2, -0.15) is 0 Å². The second kappa shape index (κ2) is 6.28. The van der Waals surface area contributed by atoms with Crippen LogP contribution < -0.4 is 5.32 Å². The molecule has 2 aromatic rings. The van der Waals surface area contributed by atoms with E-state index in [2.05, 4.69) is 36.0 Å². The van der Waals surface area contributed by atoms with Gasteiger partial charge in [0.05, 0.1) is 6.04 Å². The molecule has 1 atom stereocenters. The number of carbonyl (C=O) groups excluding carboxylic acids is 1. The summed E-state index contributed by atoms with van der Waals surface area (Å²) >= 11 is 6.15. The van der Waals surface area contributed by atoms with E-state index in [1.54, 1.807) is 6.07 Å². The van der Waals surface area contributed by atoms with Crippen LogP contribution in [0.1, 0.15) is 31.1 Å². The van der Waals surface area contributed by atoms with Crippen molar-refractivity contribution in [2.75, 3.05) is 11.9 Å². The quantitative estimate of drug-likeness (QED) is 0.851. The minimum atomic E-state index is -0.0731. The van der Waals surface area contributed by atoms with Crippen LogP contribution in [0.5, 0.6) is 0 Å². The van der Waals surface area contributed by atoms with Gasteiger partial charge in [0.1, 0.15) is 0 Å². The number of rotatable bonds is 2. The highest BCUT2D eigenvalue weighted by Gasteiger charge is 2.32. The number of urea groups is 1. The molecule has 0 spiro atoms. The molecule has 4 nitrogen and oxygen atoms in total. The average Bonchev–Trinajstić information content (AvgIpc) is 2.98. The first-order chi connectivity index (χ1) is 11.0. The van der Waals surface area contributed by atoms with E-state index >= 15 is 0 Å². The van der Waals surface area contributed by atoms with Crippen molar-refractivity contribution in [1.82, 2.24) is 9.47 Å². The fourth-order valence-corrected chi connectivity index (χ4v) is 3.39. The molecule has 0 fully saturated rings. The van der Waals surface area contributed by atoms with Gasteiger partial charge in [0.2, 0.25) is 0 Å². The van der Waals surface area contributed by atoms with Gasteiger partial charge in [-0.05, 0) is 42.7 Å². The number of hydrogen-bond acceptors (Lipinski definition) is 1. The highest BCUT2D eigenvalue weighted by Crippen LogP contribution is 2.33. The zero-order valence-corrected chi connectivity index (χ0v) is 14.5. The number of carbonyl (C=O) groups is 1. The molecule has 122 valence electrons. The highest BCUT2D eigenvalue weighted by molar-refractivity contribution is 6.31. The Hall–Kier alpha value is -1.94. The molecule has 0 saturated carbocycles. The molecule has 23 heavy (non-hydrogen) atoms. The van der Waals surface area contributed by atoms with Gasteiger partial charge in [-0.15, -0.1) is 0 Å². The number of fused-ring (bicyclic) bond motifs is 1. The molecule has 1 aliphatic rings. The minimum Gasteiger partial charge on any atom is -0.348 e. The number of anilines is 1. The third-order valence-corrected chi connectivity index (χ3v) is 4.81. The smallest absolute Gasteiger partial charge is 0.322 e. The Morgan fingerprint density at radius 1 is 1.30 bits per heavy atom. The van der Waals surface area contributed by atoms with E-state index in [-0.39, 0.29) is 12.1 Å². The third kappa shape index (κ3) is 3.08. The Morgan fingerprint density at radius 3 is 2.78 bits per heavy atom. The summed E-state index contributed by atoms with van der Waals surface area (Å²) in [5.41, 5.74) is 2.93. The SMILES string of the molecule is Cc1ccc(NC(=O)N2CCn3cccc3C2C(C)C)cc1Cl. The summed E-state index contributed by atoms with van der Waals surface area (Å²) in [6, 6.07) is 9.76. The lowest BCUT2D eigenvalue weighted by atomic mass is 9.97. The van der Waals surface area contributed by atoms with Crippen LogP contribution in [0.4, 0.5) is 10.5 Å². The van der Waals surface area contributed by atoms with Crippen molar-refractivity contribution in [2.45, 2.75) is 33.4 Å². The predicted octanol–water partition coefficient (Wildman–Crippen LogP) is 4.69. The number of hydrogen-bond donors (Lipinski definition) is 1. The number of nitrogens with zero attached hydrogens (tertiary/aromatic N) is 2. The average molecular weight is 332 g/mol. The number of amides is 2. The lowest BCUT2D eigenvalue weighted by Gasteiger charge is -2.39. The van der Waals surface area contributed by atoms with Crippen molar-refractivity contribution in [3.05, 3.63) is 52.8 Å². The Balaban J connectivity index is 1.82. The fraction of sp³-hybridized carbons (Fsp3) is 0.389. The minimum absolute atomic E-state index is 0.0731. The molecule has 0 radical (unpaired) electrons. The maximum absolute atomic E-state index is 12.8. The van der Waals surface area contributed by atoms with E-state index in [1.807, 2.05) is 30.0 Å². The van der Waals surface area contributed by atoms with Crippen molar-refractivity contribution in [3.63, 3.8) is 0 Å². The Morgan fingerprint density at radius 2 is 2.09 bits per heavy atom. The van der Waals surface area contributed by atoms with E-state index in [1.165, 1.54) is 5.69 Å². The van der Waals surface area contributed by atoms with E-state index in [0.29, 0.717) is 17.5 Å². The van der Waals surface area contributed by atoms with Crippen LogP contribution in [0.3, 0.4) is 0 Å². The molecule has 0 saturated heterocycles. The first-order valence-corrected chi connectivity index (χ1v) is 8.34. The summed E-state index contributed by atoms with van der Waals surface area (Å²) < 4.78 is 2.23. The summed E-state index contributed by atoms with van der Waals surface area (Å²) in [5, 5.41) is 3.64. The van der Waals surface area contributed by atoms with Crippen LogP contribution in [0, 0.1) is 12.8 Å². The van der Waals surface area contributed by atoms with Crippen LogP contribution >= 0.6 is 11.6 Å². The van der Waals surface area contributed by atoms with Crippen LogP contribution in [0.15, 0.2) is 36.5 Å². The number of nitrogens with one attached hydrogen (secondary N) is 1. The Kier molecular flexibility index (Phi) is 4.35. The molecule has 0 bridgehead atoms. The zero-order valence-electron chi connectivity index (χ0n) is 13.7. The summed E-state index contributed by atoms with van der Waals surface area (Å²) in [4.78, 5) is 14.7. The monoisotopic (exact) mass is 331 g/mol. The molecule has 1 unspecified atom stereocenters. The second-order valence-electron chi connectivity index (χ2n) is 6.40. The molecule has 1 aliphatic heterocycles. The van der Waals surface area contributed by atoms with E-state index in [9.17, 15) is 4.79 Å². The zero-order chi connectivity index (χ0) is 16.6. The largest absolute Gasteiger partial charge is 0.348 e. The standard InChI is InChI=1S/C18H22ClN3O/c1-12(2)17-16-5-4-8-21(16)9-10-22(17)18(23)20-14-7-6-13(3)15(19)11-14/h4-8,11-12,17H,9-10H2,1-3H3,(H,20,23). The third-order valence-electron chi connectivity index (χ3n) is 4.40. The number of aryl methyl sites for hydroxylation is 1. The molecule has 1 N–H and O–H groups in total. The van der Waals surface area contributed by atoms with Gasteiger partial charge < -0.3 is 14.8 Å². The molecule has 3 rings (SSSR count). The number of halogens is 1. The van der Waals surface area contributed by atoms with Crippen LogP contribution in [-0.2, 0) is 6.54 Å². The van der Waals surface area contributed by atoms with Crippen molar-refractivity contribution in [2.24, 2.45) is 5.92 Å². The van der Waals surface area contributed by atoms with Crippen molar-refractivity contribution in [1.29, 1.82) is 0 Å². The van der Waals surface area contributed by atoms with Gasteiger partial charge in [-0.25, -0.2) is 4.79 Å². The molecule has 2 heterocycles. The first-order valence-electron chi connectivity index (χ1n) is 7.96. The maximum Gasteiger partial charge on any atom is 0.322 e. The van der Waals surface area contributed by atoms with Gasteiger partial charge in [0.25, 0.3) is 0 Å². The van der Waals surface area contributed by atoms with Gasteiger partial charge in [-0.3, -0.25) is 0 Å². The van der Waals surface area contributed by atoms with Gasteiger partial charge in [-0.1, -0.05) is 31.5 Å². The molecule has 1 aromatic carbocycles. The fourth-order valence-electron chi connectivity index (χ4n) is 3.21. The van der Waals surface area contributed by atoms with Crippen LogP contribution in [0.25, 0.3) is 0 Å². The Labute approximate surface area is 142 Å². The predicted molar refractivity (Wildman–Crippen MR) is 93.9 cm³/mol. The van der Waals surface area contributed by atoms with Crippen LogP contribution in [0.2, 0.25) is 5.02 Å². The lowest BCUT2D eigenvalue weighted by molar-refractivity contribution is 0.144. The summed E-state index contributed by atoms with van der Waals surface area (Å²) in [5.74, 6) is 0.344. The molecule has 0 aliphatic carbocycles. The lowest BCUT2D eigenvalue weighted by Crippen LogP contribution is -2.45. The molecule has 5 heteroatoms. The van der Waals surface area contributed by atoms with Crippen molar-refractivity contribution >= 4 is 23.3 Å². The van der Waals surface area contributed by atoms with E-state index in [4.69, 9.17) is 11.6 Å². The Bertz CT molecular complexity index is 723. The normalized spacial score (nSPS) is 17.3. The highest BCUT2D eigenvalue weighted by atomic mass is 35.5. The van der Waals surface area contributed by atoms with Gasteiger partial charge in [0.15, 0.2) is 0 Å². The van der Waals surface area contributed by atoms with E-state index < -0.39 is 0 Å². The number of benzene rings is 1. The first kappa shape index (κ1) is 15.9. The number of aromatic nitrogens is 1. The van der Waals surface area contributed by atoms with Crippen molar-refractivity contribution in [3.8, 4) is 0 Å². The molecular formula is C18H22ClN3O. The maximum atomic E-state index is 12.8. The van der Waals surface area contributed by atoms with Crippen molar-refractivity contribution < 1.29 is 4.79 Å². The van der Waals surface area contributed by atoms with E-state index in [0.717, 1.165) is 17.8 Å². The van der Waals surface area contributed by atoms with Gasteiger partial charge in [0, 0.05) is 35.7 Å². The summed E-state index contributed by atoms with van der Waals surface area (Å²) in [6.45, 7) is 7.78. The van der Waals surface area contributed by atoms with Gasteiger partial charge >= 0.3 is 6.03 Å². The summed E-state index contributed by atoms with van der Waals surface area (Å²) in [6.07, 6.45) is 2.08. The molecule has 1 aromatic heterocycles. The summed E-state index contributed by atoms with van der Waals surface area (Å²) in [7, 11) is 0. The molecular weight excluding hydrogens is 310 g/mol.